The van der Waals surface area contributed by atoms with Crippen molar-refractivity contribution < 1.29 is 9.53 Å². The number of aromatic nitrogens is 2. The Morgan fingerprint density at radius 1 is 1.47 bits per heavy atom. The maximum absolute atomic E-state index is 12.0. The number of halogens is 1. The summed E-state index contributed by atoms with van der Waals surface area (Å²) in [5.74, 6) is 0. The van der Waals surface area contributed by atoms with Gasteiger partial charge in [0.15, 0.2) is 0 Å². The van der Waals surface area contributed by atoms with E-state index in [0.29, 0.717) is 0 Å². The highest BCUT2D eigenvalue weighted by molar-refractivity contribution is 9.10. The first-order chi connectivity index (χ1) is 7.88. The minimum absolute atomic E-state index is 0.402. The van der Waals surface area contributed by atoms with E-state index in [1.807, 2.05) is 26.8 Å². The Morgan fingerprint density at radius 2 is 2.18 bits per heavy atom. The zero-order chi connectivity index (χ0) is 12.6. The molecule has 0 atom stereocenters. The Hall–Kier alpha value is -1.36. The molecular weight excluding hydrogens is 284 g/mol. The van der Waals surface area contributed by atoms with Crippen LogP contribution >= 0.6 is 15.9 Å². The molecule has 17 heavy (non-hydrogen) atoms. The maximum Gasteiger partial charge on any atom is 0.419 e. The van der Waals surface area contributed by atoms with Crippen molar-refractivity contribution in [2.24, 2.45) is 0 Å². The van der Waals surface area contributed by atoms with Crippen molar-refractivity contribution >= 4 is 32.9 Å². The van der Waals surface area contributed by atoms with E-state index in [4.69, 9.17) is 4.74 Å². The molecule has 0 fully saturated rings. The number of nitrogens with zero attached hydrogens (tertiary/aromatic N) is 2. The van der Waals surface area contributed by atoms with Crippen molar-refractivity contribution in [3.8, 4) is 0 Å². The maximum atomic E-state index is 12.0. The molecule has 0 aliphatic heterocycles. The first kappa shape index (κ1) is 12.1. The molecule has 2 heterocycles. The van der Waals surface area contributed by atoms with E-state index < -0.39 is 11.7 Å². The summed E-state index contributed by atoms with van der Waals surface area (Å²) in [4.78, 5) is 16.0. The fourth-order valence-corrected chi connectivity index (χ4v) is 2.03. The van der Waals surface area contributed by atoms with Crippen LogP contribution < -0.4 is 0 Å². The first-order valence-electron chi connectivity index (χ1n) is 5.22. The van der Waals surface area contributed by atoms with Gasteiger partial charge in [-0.1, -0.05) is 0 Å². The number of carbonyl (C=O) groups excluding carboxylic acids is 1. The molecule has 0 saturated carbocycles. The standard InChI is InChI=1S/C12H13BrN2O2/c1-12(2,3)17-11(16)15-7-9(13)8-4-5-14-6-10(8)15/h4-7H,1-3H3. The second-order valence-electron chi connectivity index (χ2n) is 4.72. The number of hydrogen-bond donors (Lipinski definition) is 0. The molecule has 2 rings (SSSR count). The van der Waals surface area contributed by atoms with Crippen molar-refractivity contribution in [2.75, 3.05) is 0 Å². The Kier molecular flexibility index (Phi) is 2.95. The van der Waals surface area contributed by atoms with Crippen LogP contribution in [0.3, 0.4) is 0 Å². The Balaban J connectivity index is 2.46. The number of fused-ring (bicyclic) bond motifs is 1. The van der Waals surface area contributed by atoms with Gasteiger partial charge < -0.3 is 4.74 Å². The molecule has 5 heteroatoms. The highest BCUT2D eigenvalue weighted by Gasteiger charge is 2.20. The van der Waals surface area contributed by atoms with E-state index in [-0.39, 0.29) is 0 Å². The lowest BCUT2D eigenvalue weighted by molar-refractivity contribution is 0.0544. The average Bonchev–Trinajstić information content (AvgIpc) is 2.55. The van der Waals surface area contributed by atoms with Gasteiger partial charge in [-0.05, 0) is 42.8 Å². The van der Waals surface area contributed by atoms with E-state index >= 15 is 0 Å². The lowest BCUT2D eigenvalue weighted by Gasteiger charge is -2.19. The normalized spacial score (nSPS) is 11.8. The van der Waals surface area contributed by atoms with E-state index in [0.717, 1.165) is 15.4 Å². The lowest BCUT2D eigenvalue weighted by atomic mass is 10.2. The first-order valence-corrected chi connectivity index (χ1v) is 6.02. The average molecular weight is 297 g/mol. The van der Waals surface area contributed by atoms with Gasteiger partial charge in [0, 0.05) is 22.3 Å². The highest BCUT2D eigenvalue weighted by atomic mass is 79.9. The molecule has 4 nitrogen and oxygen atoms in total. The van der Waals surface area contributed by atoms with Gasteiger partial charge in [0.2, 0.25) is 0 Å². The molecule has 0 amide bonds. The third kappa shape index (κ3) is 2.49. The van der Waals surface area contributed by atoms with Gasteiger partial charge in [0.1, 0.15) is 5.60 Å². The van der Waals surface area contributed by atoms with Crippen LogP contribution in [0.5, 0.6) is 0 Å². The van der Waals surface area contributed by atoms with E-state index in [2.05, 4.69) is 20.9 Å². The number of hydrogen-bond acceptors (Lipinski definition) is 3. The SMILES string of the molecule is CC(C)(C)OC(=O)n1cc(Br)c2ccncc21. The third-order valence-corrected chi connectivity index (χ3v) is 2.78. The zero-order valence-corrected chi connectivity index (χ0v) is 11.5. The van der Waals surface area contributed by atoms with Gasteiger partial charge in [-0.3, -0.25) is 4.98 Å². The van der Waals surface area contributed by atoms with Crippen LogP contribution in [0, 0.1) is 0 Å². The number of ether oxygens (including phenoxy) is 1. The minimum atomic E-state index is -0.512. The van der Waals surface area contributed by atoms with E-state index in [9.17, 15) is 4.79 Å². The monoisotopic (exact) mass is 296 g/mol. The quantitative estimate of drug-likeness (QED) is 0.746. The number of rotatable bonds is 0. The van der Waals surface area contributed by atoms with Crippen molar-refractivity contribution in [3.05, 3.63) is 29.1 Å². The van der Waals surface area contributed by atoms with Crippen LogP contribution in [0.2, 0.25) is 0 Å². The van der Waals surface area contributed by atoms with Gasteiger partial charge in [0.05, 0.1) is 11.7 Å². The van der Waals surface area contributed by atoms with E-state index in [1.165, 1.54) is 4.57 Å². The summed E-state index contributed by atoms with van der Waals surface area (Å²) in [7, 11) is 0. The second-order valence-corrected chi connectivity index (χ2v) is 5.57. The zero-order valence-electron chi connectivity index (χ0n) is 9.90. The smallest absolute Gasteiger partial charge is 0.419 e. The molecule has 0 radical (unpaired) electrons. The summed E-state index contributed by atoms with van der Waals surface area (Å²) in [5.41, 5.74) is 0.219. The number of pyridine rings is 1. The Morgan fingerprint density at radius 3 is 2.82 bits per heavy atom. The molecule has 0 spiro atoms. The molecule has 0 aromatic carbocycles. The molecule has 90 valence electrons. The molecule has 2 aromatic heterocycles. The largest absolute Gasteiger partial charge is 0.443 e. The third-order valence-electron chi connectivity index (χ3n) is 2.15. The summed E-state index contributed by atoms with van der Waals surface area (Å²) in [6, 6.07) is 1.85. The summed E-state index contributed by atoms with van der Waals surface area (Å²) >= 11 is 3.41. The predicted molar refractivity (Wildman–Crippen MR) is 69.1 cm³/mol. The van der Waals surface area contributed by atoms with Gasteiger partial charge in [0.25, 0.3) is 0 Å². The molecule has 0 bridgehead atoms. The summed E-state index contributed by atoms with van der Waals surface area (Å²) in [6.07, 6.45) is 4.62. The van der Waals surface area contributed by atoms with Crippen molar-refractivity contribution in [1.82, 2.24) is 9.55 Å². The minimum Gasteiger partial charge on any atom is -0.443 e. The molecule has 2 aromatic rings. The van der Waals surface area contributed by atoms with Crippen molar-refractivity contribution in [3.63, 3.8) is 0 Å². The van der Waals surface area contributed by atoms with Gasteiger partial charge in [-0.15, -0.1) is 0 Å². The van der Waals surface area contributed by atoms with Gasteiger partial charge >= 0.3 is 6.09 Å². The number of carbonyl (C=O) groups is 1. The van der Waals surface area contributed by atoms with Crippen LogP contribution in [0.15, 0.2) is 29.1 Å². The van der Waals surface area contributed by atoms with Crippen LogP contribution in [-0.2, 0) is 4.74 Å². The van der Waals surface area contributed by atoms with Gasteiger partial charge in [-0.25, -0.2) is 9.36 Å². The van der Waals surface area contributed by atoms with Gasteiger partial charge in [-0.2, -0.15) is 0 Å². The fraction of sp³-hybridized carbons (Fsp3) is 0.333. The van der Waals surface area contributed by atoms with Crippen molar-refractivity contribution in [2.45, 2.75) is 26.4 Å². The highest BCUT2D eigenvalue weighted by Crippen LogP contribution is 2.25. The Labute approximate surface area is 108 Å². The summed E-state index contributed by atoms with van der Waals surface area (Å²) < 4.78 is 7.62. The lowest BCUT2D eigenvalue weighted by Crippen LogP contribution is -2.26. The summed E-state index contributed by atoms with van der Waals surface area (Å²) in [6.45, 7) is 5.51. The topological polar surface area (TPSA) is 44.1 Å². The van der Waals surface area contributed by atoms with Crippen LogP contribution in [0.1, 0.15) is 20.8 Å². The fourth-order valence-electron chi connectivity index (χ4n) is 1.49. The van der Waals surface area contributed by atoms with E-state index in [1.54, 1.807) is 18.6 Å². The molecule has 0 unspecified atom stereocenters. The van der Waals surface area contributed by atoms with Crippen molar-refractivity contribution in [1.29, 1.82) is 0 Å². The molecular formula is C12H13BrN2O2. The van der Waals surface area contributed by atoms with Crippen LogP contribution in [-0.4, -0.2) is 21.2 Å². The van der Waals surface area contributed by atoms with Crippen LogP contribution in [0.4, 0.5) is 4.79 Å². The molecule has 0 aliphatic carbocycles. The molecule has 0 saturated heterocycles. The molecule has 0 N–H and O–H groups in total. The Bertz CT molecular complexity index is 569. The second kappa shape index (κ2) is 4.14. The van der Waals surface area contributed by atoms with Crippen LogP contribution in [0.25, 0.3) is 10.9 Å². The predicted octanol–water partition coefficient (Wildman–Crippen LogP) is 3.58. The summed E-state index contributed by atoms with van der Waals surface area (Å²) in [5, 5.41) is 0.936. The molecule has 0 aliphatic rings.